The first-order valence-electron chi connectivity index (χ1n) is 5.35. The zero-order chi connectivity index (χ0) is 12.3. The molecule has 6 nitrogen and oxygen atoms in total. The summed E-state index contributed by atoms with van der Waals surface area (Å²) in [6, 6.07) is -0.309. The summed E-state index contributed by atoms with van der Waals surface area (Å²) in [6.45, 7) is 5.24. The molecule has 0 radical (unpaired) electrons. The van der Waals surface area contributed by atoms with Crippen molar-refractivity contribution in [1.82, 2.24) is 10.2 Å². The number of hydrogen-bond acceptors (Lipinski definition) is 3. The molecule has 3 atom stereocenters. The number of aliphatic hydroxyl groups is 1. The Balaban J connectivity index is 2.34. The van der Waals surface area contributed by atoms with Crippen LogP contribution in [0.4, 0.5) is 4.79 Å². The monoisotopic (exact) mass is 230 g/mol. The van der Waals surface area contributed by atoms with Crippen molar-refractivity contribution in [3.63, 3.8) is 0 Å². The fraction of sp³-hybridized carbons (Fsp3) is 0.800. The molecule has 0 aromatic rings. The van der Waals surface area contributed by atoms with Crippen LogP contribution >= 0.6 is 0 Å². The molecule has 0 saturated carbocycles. The third-order valence-corrected chi connectivity index (χ3v) is 3.01. The molecule has 0 spiro atoms. The molecule has 0 aliphatic carbocycles. The van der Waals surface area contributed by atoms with Gasteiger partial charge < -0.3 is 20.4 Å². The summed E-state index contributed by atoms with van der Waals surface area (Å²) in [5.74, 6) is -0.422. The van der Waals surface area contributed by atoms with Gasteiger partial charge in [0.05, 0.1) is 6.54 Å². The number of aliphatic carboxylic acids is 1. The van der Waals surface area contributed by atoms with Crippen LogP contribution in [0.5, 0.6) is 0 Å². The lowest BCUT2D eigenvalue weighted by atomic mass is 10.0. The summed E-state index contributed by atoms with van der Waals surface area (Å²) in [7, 11) is 0. The standard InChI is InChI=1S/C10H18N2O4/c1-6-4-12(5-7(6)2)10(16)11-3-8(13)9(14)15/h6-8,13H,3-5H2,1-2H3,(H,11,16)(H,14,15). The third kappa shape index (κ3) is 3.10. The van der Waals surface area contributed by atoms with E-state index in [-0.39, 0.29) is 12.6 Å². The van der Waals surface area contributed by atoms with E-state index < -0.39 is 12.1 Å². The van der Waals surface area contributed by atoms with E-state index in [4.69, 9.17) is 10.2 Å². The van der Waals surface area contributed by atoms with Gasteiger partial charge in [-0.2, -0.15) is 0 Å². The molecule has 3 N–H and O–H groups in total. The first-order valence-corrected chi connectivity index (χ1v) is 5.35. The van der Waals surface area contributed by atoms with Crippen molar-refractivity contribution in [3.05, 3.63) is 0 Å². The van der Waals surface area contributed by atoms with E-state index >= 15 is 0 Å². The van der Waals surface area contributed by atoms with Gasteiger partial charge in [-0.25, -0.2) is 9.59 Å². The maximum Gasteiger partial charge on any atom is 0.334 e. The second kappa shape index (κ2) is 5.16. The molecule has 2 amide bonds. The average Bonchev–Trinajstić information content (AvgIpc) is 2.55. The quantitative estimate of drug-likeness (QED) is 0.622. The first kappa shape index (κ1) is 12.8. The van der Waals surface area contributed by atoms with Crippen molar-refractivity contribution in [2.75, 3.05) is 19.6 Å². The molecule has 16 heavy (non-hydrogen) atoms. The highest BCUT2D eigenvalue weighted by atomic mass is 16.4. The van der Waals surface area contributed by atoms with E-state index in [0.29, 0.717) is 24.9 Å². The van der Waals surface area contributed by atoms with Crippen LogP contribution in [0.3, 0.4) is 0 Å². The SMILES string of the molecule is CC1CN(C(=O)NCC(O)C(=O)O)CC1C. The van der Waals surface area contributed by atoms with Crippen molar-refractivity contribution < 1.29 is 19.8 Å². The average molecular weight is 230 g/mol. The van der Waals surface area contributed by atoms with Gasteiger partial charge >= 0.3 is 12.0 Å². The van der Waals surface area contributed by atoms with Gasteiger partial charge in [0.15, 0.2) is 6.10 Å². The Bertz CT molecular complexity index is 272. The molecular weight excluding hydrogens is 212 g/mol. The van der Waals surface area contributed by atoms with Crippen molar-refractivity contribution in [2.24, 2.45) is 11.8 Å². The first-order chi connectivity index (χ1) is 7.41. The predicted molar refractivity (Wildman–Crippen MR) is 56.9 cm³/mol. The van der Waals surface area contributed by atoms with E-state index in [1.165, 1.54) is 0 Å². The number of hydrogen-bond donors (Lipinski definition) is 3. The number of likely N-dealkylation sites (tertiary alicyclic amines) is 1. The Morgan fingerprint density at radius 3 is 2.31 bits per heavy atom. The zero-order valence-corrected chi connectivity index (χ0v) is 9.51. The number of nitrogens with zero attached hydrogens (tertiary/aromatic N) is 1. The molecule has 1 heterocycles. The molecule has 92 valence electrons. The maximum absolute atomic E-state index is 11.6. The largest absolute Gasteiger partial charge is 0.479 e. The van der Waals surface area contributed by atoms with Crippen molar-refractivity contribution in [2.45, 2.75) is 20.0 Å². The van der Waals surface area contributed by atoms with Gasteiger partial charge in [0.25, 0.3) is 0 Å². The van der Waals surface area contributed by atoms with Crippen molar-refractivity contribution in [3.8, 4) is 0 Å². The molecule has 1 saturated heterocycles. The minimum atomic E-state index is -1.54. The van der Waals surface area contributed by atoms with Gasteiger partial charge in [-0.3, -0.25) is 0 Å². The number of aliphatic hydroxyl groups excluding tert-OH is 1. The van der Waals surface area contributed by atoms with Crippen LogP contribution < -0.4 is 5.32 Å². The Morgan fingerprint density at radius 1 is 1.38 bits per heavy atom. The lowest BCUT2D eigenvalue weighted by molar-refractivity contribution is -0.146. The topological polar surface area (TPSA) is 89.9 Å². The smallest absolute Gasteiger partial charge is 0.334 e. The molecule has 1 rings (SSSR count). The number of carbonyl (C=O) groups is 2. The second-order valence-corrected chi connectivity index (χ2v) is 4.40. The third-order valence-electron chi connectivity index (χ3n) is 3.01. The fourth-order valence-corrected chi connectivity index (χ4v) is 1.68. The number of carboxylic acid groups (broad SMARTS) is 1. The summed E-state index contributed by atoms with van der Waals surface area (Å²) in [4.78, 5) is 23.5. The number of rotatable bonds is 3. The van der Waals surface area contributed by atoms with Crippen LogP contribution in [-0.4, -0.2) is 52.9 Å². The van der Waals surface area contributed by atoms with Gasteiger partial charge in [0.2, 0.25) is 0 Å². The van der Waals surface area contributed by atoms with Crippen molar-refractivity contribution >= 4 is 12.0 Å². The normalized spacial score (nSPS) is 26.6. The minimum absolute atomic E-state index is 0.257. The molecule has 6 heteroatoms. The summed E-state index contributed by atoms with van der Waals surface area (Å²) < 4.78 is 0. The Hall–Kier alpha value is -1.30. The number of nitrogens with one attached hydrogen (secondary N) is 1. The fourth-order valence-electron chi connectivity index (χ4n) is 1.68. The zero-order valence-electron chi connectivity index (χ0n) is 9.51. The van der Waals surface area contributed by atoms with Crippen LogP contribution in [0, 0.1) is 11.8 Å². The van der Waals surface area contributed by atoms with E-state index in [0.717, 1.165) is 0 Å². The van der Waals surface area contributed by atoms with E-state index in [1.54, 1.807) is 4.90 Å². The highest BCUT2D eigenvalue weighted by Gasteiger charge is 2.29. The maximum atomic E-state index is 11.6. The Morgan fingerprint density at radius 2 is 1.88 bits per heavy atom. The molecule has 1 aliphatic rings. The molecule has 0 aromatic heterocycles. The highest BCUT2D eigenvalue weighted by molar-refractivity contribution is 5.77. The molecule has 1 fully saturated rings. The predicted octanol–water partition coefficient (Wildman–Crippen LogP) is -0.271. The van der Waals surface area contributed by atoms with Crippen LogP contribution in [0.25, 0.3) is 0 Å². The molecule has 0 bridgehead atoms. The van der Waals surface area contributed by atoms with Gasteiger partial charge in [-0.15, -0.1) is 0 Å². The van der Waals surface area contributed by atoms with Crippen LogP contribution in [0.2, 0.25) is 0 Å². The van der Waals surface area contributed by atoms with Crippen LogP contribution in [0.1, 0.15) is 13.8 Å². The second-order valence-electron chi connectivity index (χ2n) is 4.40. The summed E-state index contributed by atoms with van der Waals surface area (Å²) in [5.41, 5.74) is 0. The number of carbonyl (C=O) groups excluding carboxylic acids is 1. The molecule has 0 aromatic carbocycles. The molecule has 1 aliphatic heterocycles. The molecular formula is C10H18N2O4. The Labute approximate surface area is 94.2 Å². The lowest BCUT2D eigenvalue weighted by Crippen LogP contribution is -2.43. The summed E-state index contributed by atoms with van der Waals surface area (Å²) in [6.07, 6.45) is -1.54. The number of urea groups is 1. The Kier molecular flexibility index (Phi) is 4.12. The van der Waals surface area contributed by atoms with Gasteiger partial charge in [-0.05, 0) is 11.8 Å². The molecule has 3 unspecified atom stereocenters. The lowest BCUT2D eigenvalue weighted by Gasteiger charge is -2.17. The summed E-state index contributed by atoms with van der Waals surface area (Å²) in [5, 5.41) is 19.8. The van der Waals surface area contributed by atoms with E-state index in [2.05, 4.69) is 19.2 Å². The minimum Gasteiger partial charge on any atom is -0.479 e. The highest BCUT2D eigenvalue weighted by Crippen LogP contribution is 2.21. The van der Waals surface area contributed by atoms with Gasteiger partial charge in [-0.1, -0.05) is 13.8 Å². The van der Waals surface area contributed by atoms with Crippen LogP contribution in [0.15, 0.2) is 0 Å². The van der Waals surface area contributed by atoms with Crippen molar-refractivity contribution in [1.29, 1.82) is 0 Å². The van der Waals surface area contributed by atoms with E-state index in [1.807, 2.05) is 0 Å². The summed E-state index contributed by atoms with van der Waals surface area (Å²) >= 11 is 0. The van der Waals surface area contributed by atoms with Gasteiger partial charge in [0.1, 0.15) is 0 Å². The number of carboxylic acids is 1. The van der Waals surface area contributed by atoms with E-state index in [9.17, 15) is 9.59 Å². The van der Waals surface area contributed by atoms with Gasteiger partial charge in [0, 0.05) is 13.1 Å². The van der Waals surface area contributed by atoms with Crippen LogP contribution in [-0.2, 0) is 4.79 Å². The number of amides is 2.